The molecule has 0 radical (unpaired) electrons. The second kappa shape index (κ2) is 7.86. The zero-order valence-corrected chi connectivity index (χ0v) is 15.4. The number of nitrogens with one attached hydrogen (secondary N) is 1. The Morgan fingerprint density at radius 1 is 1.16 bits per heavy atom. The minimum Gasteiger partial charge on any atom is -0.325 e. The van der Waals surface area contributed by atoms with Crippen molar-refractivity contribution in [2.24, 2.45) is 7.05 Å². The van der Waals surface area contributed by atoms with Crippen molar-refractivity contribution in [2.75, 3.05) is 5.32 Å². The molecule has 0 fully saturated rings. The molecule has 6 nitrogen and oxygen atoms in total. The molecule has 128 valence electrons. The van der Waals surface area contributed by atoms with E-state index in [1.807, 2.05) is 30.3 Å². The van der Waals surface area contributed by atoms with Gasteiger partial charge in [0.15, 0.2) is 0 Å². The fraction of sp³-hybridized carbons (Fsp3) is 0.125. The summed E-state index contributed by atoms with van der Waals surface area (Å²) in [5.74, 6) is -0.225. The molecule has 0 spiro atoms. The Labute approximate surface area is 158 Å². The van der Waals surface area contributed by atoms with E-state index < -0.39 is 5.25 Å². The van der Waals surface area contributed by atoms with Gasteiger partial charge in [-0.3, -0.25) is 4.79 Å². The molecular weight excluding hydrogens is 381 g/mol. The number of halogens is 2. The van der Waals surface area contributed by atoms with Crippen molar-refractivity contribution < 1.29 is 4.79 Å². The van der Waals surface area contributed by atoms with Crippen LogP contribution in [-0.2, 0) is 11.8 Å². The summed E-state index contributed by atoms with van der Waals surface area (Å²) < 4.78 is 1.52. The molecule has 0 aliphatic carbocycles. The van der Waals surface area contributed by atoms with E-state index in [-0.39, 0.29) is 5.91 Å². The quantitative estimate of drug-likeness (QED) is 0.663. The van der Waals surface area contributed by atoms with Crippen molar-refractivity contribution in [3.63, 3.8) is 0 Å². The summed E-state index contributed by atoms with van der Waals surface area (Å²) >= 11 is 13.3. The van der Waals surface area contributed by atoms with Gasteiger partial charge in [0.1, 0.15) is 5.25 Å². The monoisotopic (exact) mass is 393 g/mol. The van der Waals surface area contributed by atoms with Crippen LogP contribution < -0.4 is 5.32 Å². The molecular formula is C16H13Cl2N5OS. The molecule has 0 saturated heterocycles. The lowest BCUT2D eigenvalue weighted by molar-refractivity contribution is -0.115. The predicted octanol–water partition coefficient (Wildman–Crippen LogP) is 3.99. The Bertz CT molecular complexity index is 867. The lowest BCUT2D eigenvalue weighted by Gasteiger charge is -2.16. The van der Waals surface area contributed by atoms with Gasteiger partial charge in [0, 0.05) is 22.8 Å². The highest BCUT2D eigenvalue weighted by atomic mass is 35.5. The highest BCUT2D eigenvalue weighted by Gasteiger charge is 2.24. The fourth-order valence-corrected chi connectivity index (χ4v) is 3.63. The maximum atomic E-state index is 12.9. The van der Waals surface area contributed by atoms with E-state index in [1.165, 1.54) is 16.4 Å². The maximum absolute atomic E-state index is 12.9. The summed E-state index contributed by atoms with van der Waals surface area (Å²) in [6.07, 6.45) is 0. The number of carbonyl (C=O) groups is 1. The molecule has 0 aliphatic heterocycles. The standard InChI is InChI=1S/C16H13Cl2N5OS/c1-23-16(20-21-22-23)25-14(10-5-3-2-4-6-10)15(24)19-13-8-11(17)7-12(18)9-13/h2-9,14H,1H3,(H,19,24). The third-order valence-corrected chi connectivity index (χ3v) is 4.99. The van der Waals surface area contributed by atoms with Crippen LogP contribution in [0.15, 0.2) is 53.7 Å². The summed E-state index contributed by atoms with van der Waals surface area (Å²) in [5.41, 5.74) is 1.36. The van der Waals surface area contributed by atoms with Gasteiger partial charge < -0.3 is 5.32 Å². The van der Waals surface area contributed by atoms with Crippen molar-refractivity contribution in [2.45, 2.75) is 10.4 Å². The molecule has 1 aromatic heterocycles. The predicted molar refractivity (Wildman–Crippen MR) is 98.9 cm³/mol. The van der Waals surface area contributed by atoms with Crippen molar-refractivity contribution in [1.82, 2.24) is 20.2 Å². The minimum atomic E-state index is -0.538. The van der Waals surface area contributed by atoms with E-state index in [2.05, 4.69) is 20.8 Å². The van der Waals surface area contributed by atoms with E-state index >= 15 is 0 Å². The second-order valence-electron chi connectivity index (χ2n) is 5.14. The number of hydrogen-bond acceptors (Lipinski definition) is 5. The van der Waals surface area contributed by atoms with Crippen LogP contribution in [0.1, 0.15) is 10.8 Å². The zero-order valence-electron chi connectivity index (χ0n) is 13.1. The number of benzene rings is 2. The average Bonchev–Trinajstić information content (AvgIpc) is 2.97. The van der Waals surface area contributed by atoms with Crippen LogP contribution in [0.25, 0.3) is 0 Å². The van der Waals surface area contributed by atoms with Crippen LogP contribution in [0.2, 0.25) is 10.0 Å². The summed E-state index contributed by atoms with van der Waals surface area (Å²) in [7, 11) is 1.72. The summed E-state index contributed by atoms with van der Waals surface area (Å²) in [6.45, 7) is 0. The van der Waals surface area contributed by atoms with Crippen LogP contribution in [0.5, 0.6) is 0 Å². The van der Waals surface area contributed by atoms with Gasteiger partial charge in [-0.1, -0.05) is 65.3 Å². The first kappa shape index (κ1) is 17.7. The van der Waals surface area contributed by atoms with Crippen molar-refractivity contribution in [3.05, 3.63) is 64.1 Å². The Morgan fingerprint density at radius 2 is 1.84 bits per heavy atom. The largest absolute Gasteiger partial charge is 0.325 e. The summed E-state index contributed by atoms with van der Waals surface area (Å²) in [6, 6.07) is 14.3. The molecule has 1 N–H and O–H groups in total. The first-order valence-electron chi connectivity index (χ1n) is 7.24. The normalized spacial score (nSPS) is 12.0. The highest BCUT2D eigenvalue weighted by molar-refractivity contribution is 8.00. The number of anilines is 1. The topological polar surface area (TPSA) is 72.7 Å². The number of rotatable bonds is 5. The van der Waals surface area contributed by atoms with E-state index in [9.17, 15) is 4.79 Å². The van der Waals surface area contributed by atoms with Crippen molar-refractivity contribution >= 4 is 46.6 Å². The first-order chi connectivity index (χ1) is 12.0. The molecule has 3 aromatic rings. The molecule has 2 aromatic carbocycles. The van der Waals surface area contributed by atoms with E-state index in [0.717, 1.165) is 5.56 Å². The Morgan fingerprint density at radius 3 is 2.44 bits per heavy atom. The van der Waals surface area contributed by atoms with E-state index in [4.69, 9.17) is 23.2 Å². The molecule has 1 unspecified atom stereocenters. The van der Waals surface area contributed by atoms with Gasteiger partial charge in [0.05, 0.1) is 0 Å². The number of carbonyl (C=O) groups excluding carboxylic acids is 1. The number of aromatic nitrogens is 4. The van der Waals surface area contributed by atoms with Gasteiger partial charge >= 0.3 is 0 Å². The van der Waals surface area contributed by atoms with Crippen LogP contribution in [0.3, 0.4) is 0 Å². The third kappa shape index (κ3) is 4.50. The van der Waals surface area contributed by atoms with Gasteiger partial charge in [0.2, 0.25) is 11.1 Å². The maximum Gasteiger partial charge on any atom is 0.242 e. The van der Waals surface area contributed by atoms with Crippen LogP contribution in [0, 0.1) is 0 Å². The van der Waals surface area contributed by atoms with E-state index in [0.29, 0.717) is 20.9 Å². The summed E-state index contributed by atoms with van der Waals surface area (Å²) in [5, 5.41) is 15.1. The lowest BCUT2D eigenvalue weighted by atomic mass is 10.1. The zero-order chi connectivity index (χ0) is 17.8. The highest BCUT2D eigenvalue weighted by Crippen LogP contribution is 2.35. The molecule has 1 atom stereocenters. The molecule has 0 bridgehead atoms. The van der Waals surface area contributed by atoms with Gasteiger partial charge in [0.25, 0.3) is 0 Å². The van der Waals surface area contributed by atoms with Crippen LogP contribution in [-0.4, -0.2) is 26.1 Å². The van der Waals surface area contributed by atoms with Crippen LogP contribution in [0.4, 0.5) is 5.69 Å². The molecule has 9 heteroatoms. The van der Waals surface area contributed by atoms with Gasteiger partial charge in [-0.2, -0.15) is 0 Å². The van der Waals surface area contributed by atoms with Crippen molar-refractivity contribution in [3.8, 4) is 0 Å². The number of amides is 1. The molecule has 0 aliphatic rings. The molecule has 3 rings (SSSR count). The average molecular weight is 394 g/mol. The number of tetrazole rings is 1. The number of thioether (sulfide) groups is 1. The second-order valence-corrected chi connectivity index (χ2v) is 7.09. The van der Waals surface area contributed by atoms with Gasteiger partial charge in [-0.25, -0.2) is 4.68 Å². The Hall–Kier alpha value is -2.09. The number of hydrogen-bond donors (Lipinski definition) is 1. The third-order valence-electron chi connectivity index (χ3n) is 3.28. The Balaban J connectivity index is 1.88. The number of nitrogens with zero attached hydrogens (tertiary/aromatic N) is 4. The molecule has 1 heterocycles. The minimum absolute atomic E-state index is 0.225. The van der Waals surface area contributed by atoms with Crippen LogP contribution >= 0.6 is 35.0 Å². The van der Waals surface area contributed by atoms with Gasteiger partial charge in [-0.15, -0.1) is 5.10 Å². The summed E-state index contributed by atoms with van der Waals surface area (Å²) in [4.78, 5) is 12.9. The molecule has 25 heavy (non-hydrogen) atoms. The molecule has 0 saturated carbocycles. The lowest BCUT2D eigenvalue weighted by Crippen LogP contribution is -2.19. The van der Waals surface area contributed by atoms with E-state index in [1.54, 1.807) is 25.2 Å². The first-order valence-corrected chi connectivity index (χ1v) is 8.87. The van der Waals surface area contributed by atoms with Crippen molar-refractivity contribution in [1.29, 1.82) is 0 Å². The molecule has 1 amide bonds. The SMILES string of the molecule is Cn1nnnc1SC(C(=O)Nc1cc(Cl)cc(Cl)c1)c1ccccc1. The Kier molecular flexibility index (Phi) is 5.57. The smallest absolute Gasteiger partial charge is 0.242 e. The fourth-order valence-electron chi connectivity index (χ4n) is 2.16. The van der Waals surface area contributed by atoms with Gasteiger partial charge in [-0.05, 0) is 34.2 Å². The number of aryl methyl sites for hydroxylation is 1.